The topological polar surface area (TPSA) is 54.0 Å². The van der Waals surface area contributed by atoms with Gasteiger partial charge in [-0.05, 0) is 59.3 Å². The number of hydrogen-bond donors (Lipinski definition) is 2. The number of aromatic nitrogens is 1. The van der Waals surface area contributed by atoms with Crippen molar-refractivity contribution in [2.24, 2.45) is 0 Å². The van der Waals surface area contributed by atoms with Crippen LogP contribution in [0.5, 0.6) is 0 Å². The maximum Gasteiger partial charge on any atom is 0.271 e. The Morgan fingerprint density at radius 3 is 2.55 bits per heavy atom. The molecule has 4 nitrogen and oxygen atoms in total. The predicted molar refractivity (Wildman–Crippen MR) is 83.9 cm³/mol. The SMILES string of the molecule is CC(NC(=O)c1ccc(Br)cn1)Nc1ccc(Cl)cc1. The molecule has 1 unspecified atom stereocenters. The lowest BCUT2D eigenvalue weighted by atomic mass is 10.3. The molecule has 104 valence electrons. The van der Waals surface area contributed by atoms with Gasteiger partial charge in [0.15, 0.2) is 0 Å². The number of pyridine rings is 1. The minimum absolute atomic E-state index is 0.228. The summed E-state index contributed by atoms with van der Waals surface area (Å²) in [5, 5.41) is 6.64. The lowest BCUT2D eigenvalue weighted by Gasteiger charge is -2.16. The summed E-state index contributed by atoms with van der Waals surface area (Å²) in [5.74, 6) is -0.230. The van der Waals surface area contributed by atoms with Crippen molar-refractivity contribution in [3.63, 3.8) is 0 Å². The van der Waals surface area contributed by atoms with Gasteiger partial charge in [0.25, 0.3) is 5.91 Å². The summed E-state index contributed by atoms with van der Waals surface area (Å²) >= 11 is 9.09. The molecule has 0 aliphatic carbocycles. The second kappa shape index (κ2) is 6.72. The Morgan fingerprint density at radius 2 is 1.95 bits per heavy atom. The molecule has 0 bridgehead atoms. The van der Waals surface area contributed by atoms with Gasteiger partial charge in [0.05, 0.1) is 6.17 Å². The van der Waals surface area contributed by atoms with Crippen LogP contribution < -0.4 is 10.6 Å². The number of rotatable bonds is 4. The summed E-state index contributed by atoms with van der Waals surface area (Å²) in [7, 11) is 0. The second-order valence-corrected chi connectivity index (χ2v) is 5.56. The molecule has 2 N–H and O–H groups in total. The van der Waals surface area contributed by atoms with E-state index in [4.69, 9.17) is 11.6 Å². The average Bonchev–Trinajstić information content (AvgIpc) is 2.42. The van der Waals surface area contributed by atoms with Crippen LogP contribution in [0.4, 0.5) is 5.69 Å². The molecule has 0 fully saturated rings. The van der Waals surface area contributed by atoms with Gasteiger partial charge in [-0.1, -0.05) is 11.6 Å². The van der Waals surface area contributed by atoms with Crippen LogP contribution in [-0.4, -0.2) is 17.1 Å². The summed E-state index contributed by atoms with van der Waals surface area (Å²) in [4.78, 5) is 16.0. The number of anilines is 1. The Kier molecular flexibility index (Phi) is 4.98. The van der Waals surface area contributed by atoms with Crippen molar-refractivity contribution >= 4 is 39.1 Å². The first-order valence-corrected chi connectivity index (χ1v) is 7.16. The fraction of sp³-hybridized carbons (Fsp3) is 0.143. The molecule has 1 atom stereocenters. The van der Waals surface area contributed by atoms with E-state index in [0.717, 1.165) is 10.2 Å². The van der Waals surface area contributed by atoms with Crippen LogP contribution in [0.3, 0.4) is 0 Å². The number of carbonyl (C=O) groups excluding carboxylic acids is 1. The van der Waals surface area contributed by atoms with Gasteiger partial charge in [0, 0.05) is 21.4 Å². The summed E-state index contributed by atoms with van der Waals surface area (Å²) in [5.41, 5.74) is 1.25. The third kappa shape index (κ3) is 4.21. The third-order valence-electron chi connectivity index (χ3n) is 2.54. The average molecular weight is 355 g/mol. The molecule has 0 saturated heterocycles. The molecule has 1 amide bonds. The van der Waals surface area contributed by atoms with Gasteiger partial charge < -0.3 is 10.6 Å². The molecular formula is C14H13BrClN3O. The minimum Gasteiger partial charge on any atom is -0.366 e. The van der Waals surface area contributed by atoms with E-state index < -0.39 is 0 Å². The van der Waals surface area contributed by atoms with E-state index in [1.807, 2.05) is 19.1 Å². The predicted octanol–water partition coefficient (Wildman–Crippen LogP) is 3.69. The van der Waals surface area contributed by atoms with Crippen LogP contribution in [0.15, 0.2) is 47.1 Å². The van der Waals surface area contributed by atoms with E-state index in [2.05, 4.69) is 31.5 Å². The number of benzene rings is 1. The molecule has 6 heteroatoms. The van der Waals surface area contributed by atoms with E-state index in [-0.39, 0.29) is 12.1 Å². The Bertz CT molecular complexity index is 586. The number of nitrogens with one attached hydrogen (secondary N) is 2. The fourth-order valence-electron chi connectivity index (χ4n) is 1.61. The van der Waals surface area contributed by atoms with E-state index in [0.29, 0.717) is 10.7 Å². The summed E-state index contributed by atoms with van der Waals surface area (Å²) in [6, 6.07) is 10.7. The van der Waals surface area contributed by atoms with Crippen molar-refractivity contribution in [1.82, 2.24) is 10.3 Å². The van der Waals surface area contributed by atoms with E-state index in [1.165, 1.54) is 0 Å². The quantitative estimate of drug-likeness (QED) is 0.823. The minimum atomic E-state index is -0.230. The van der Waals surface area contributed by atoms with Gasteiger partial charge in [-0.25, -0.2) is 4.98 Å². The van der Waals surface area contributed by atoms with Crippen LogP contribution >= 0.6 is 27.5 Å². The highest BCUT2D eigenvalue weighted by Gasteiger charge is 2.10. The van der Waals surface area contributed by atoms with Crippen molar-refractivity contribution in [2.75, 3.05) is 5.32 Å². The van der Waals surface area contributed by atoms with Gasteiger partial charge in [-0.2, -0.15) is 0 Å². The van der Waals surface area contributed by atoms with Crippen LogP contribution in [-0.2, 0) is 0 Å². The number of halogens is 2. The molecule has 20 heavy (non-hydrogen) atoms. The summed E-state index contributed by atoms with van der Waals surface area (Å²) < 4.78 is 0.835. The maximum atomic E-state index is 12.0. The van der Waals surface area contributed by atoms with Gasteiger partial charge in [-0.3, -0.25) is 4.79 Å². The van der Waals surface area contributed by atoms with Crippen LogP contribution in [0.25, 0.3) is 0 Å². The fourth-order valence-corrected chi connectivity index (χ4v) is 1.97. The maximum absolute atomic E-state index is 12.0. The van der Waals surface area contributed by atoms with Crippen molar-refractivity contribution in [3.05, 3.63) is 57.8 Å². The molecule has 0 spiro atoms. The monoisotopic (exact) mass is 353 g/mol. The van der Waals surface area contributed by atoms with Gasteiger partial charge in [-0.15, -0.1) is 0 Å². The Hall–Kier alpha value is -1.59. The van der Waals surface area contributed by atoms with Crippen molar-refractivity contribution in [1.29, 1.82) is 0 Å². The smallest absolute Gasteiger partial charge is 0.271 e. The first kappa shape index (κ1) is 14.8. The van der Waals surface area contributed by atoms with E-state index in [1.54, 1.807) is 30.5 Å². The Balaban J connectivity index is 1.93. The zero-order chi connectivity index (χ0) is 14.5. The van der Waals surface area contributed by atoms with E-state index >= 15 is 0 Å². The first-order valence-electron chi connectivity index (χ1n) is 5.99. The van der Waals surface area contributed by atoms with Crippen molar-refractivity contribution < 1.29 is 4.79 Å². The van der Waals surface area contributed by atoms with Gasteiger partial charge in [0.1, 0.15) is 5.69 Å². The first-order chi connectivity index (χ1) is 9.54. The standard InChI is InChI=1S/C14H13BrClN3O/c1-9(18-12-5-3-11(16)4-6-12)19-14(20)13-7-2-10(15)8-17-13/h2-9,18H,1H3,(H,19,20). The van der Waals surface area contributed by atoms with E-state index in [9.17, 15) is 4.79 Å². The molecule has 0 radical (unpaired) electrons. The highest BCUT2D eigenvalue weighted by molar-refractivity contribution is 9.10. The van der Waals surface area contributed by atoms with Crippen LogP contribution in [0.2, 0.25) is 5.02 Å². The van der Waals surface area contributed by atoms with Crippen LogP contribution in [0.1, 0.15) is 17.4 Å². The number of nitrogens with zero attached hydrogens (tertiary/aromatic N) is 1. The summed E-state index contributed by atoms with van der Waals surface area (Å²) in [6.45, 7) is 1.85. The van der Waals surface area contributed by atoms with Gasteiger partial charge in [0.2, 0.25) is 0 Å². The lowest BCUT2D eigenvalue weighted by Crippen LogP contribution is -2.38. The molecule has 0 saturated carbocycles. The molecule has 1 aromatic heterocycles. The highest BCUT2D eigenvalue weighted by Crippen LogP contribution is 2.14. The normalized spacial score (nSPS) is 11.8. The Labute approximate surface area is 130 Å². The number of amides is 1. The molecular weight excluding hydrogens is 342 g/mol. The highest BCUT2D eigenvalue weighted by atomic mass is 79.9. The molecule has 0 aliphatic heterocycles. The van der Waals surface area contributed by atoms with Crippen molar-refractivity contribution in [3.8, 4) is 0 Å². The summed E-state index contributed by atoms with van der Waals surface area (Å²) in [6.07, 6.45) is 1.36. The molecule has 1 aromatic carbocycles. The molecule has 2 aromatic rings. The van der Waals surface area contributed by atoms with Crippen LogP contribution in [0, 0.1) is 0 Å². The molecule has 0 aliphatic rings. The molecule has 1 heterocycles. The van der Waals surface area contributed by atoms with Gasteiger partial charge >= 0.3 is 0 Å². The second-order valence-electron chi connectivity index (χ2n) is 4.21. The molecule has 2 rings (SSSR count). The zero-order valence-corrected chi connectivity index (χ0v) is 13.1. The third-order valence-corrected chi connectivity index (χ3v) is 3.26. The number of hydrogen-bond acceptors (Lipinski definition) is 3. The Morgan fingerprint density at radius 1 is 1.25 bits per heavy atom. The van der Waals surface area contributed by atoms with Crippen molar-refractivity contribution in [2.45, 2.75) is 13.1 Å². The number of carbonyl (C=O) groups is 1. The zero-order valence-electron chi connectivity index (χ0n) is 10.7. The largest absolute Gasteiger partial charge is 0.366 e. The lowest BCUT2D eigenvalue weighted by molar-refractivity contribution is 0.0939.